The summed E-state index contributed by atoms with van der Waals surface area (Å²) in [6.07, 6.45) is 5.50. The van der Waals surface area contributed by atoms with Crippen LogP contribution in [0.1, 0.15) is 30.1 Å². The van der Waals surface area contributed by atoms with Crippen LogP contribution in [-0.4, -0.2) is 25.2 Å². The molecule has 0 radical (unpaired) electrons. The van der Waals surface area contributed by atoms with Gasteiger partial charge in [0, 0.05) is 25.9 Å². The molecule has 1 heterocycles. The molecule has 82 valence electrons. The van der Waals surface area contributed by atoms with Gasteiger partial charge in [-0.3, -0.25) is 4.98 Å². The summed E-state index contributed by atoms with van der Waals surface area (Å²) in [7, 11) is 1.73. The molecule has 3 heteroatoms. The number of hydrogen-bond donors (Lipinski definition) is 1. The van der Waals surface area contributed by atoms with Crippen LogP contribution in [0.4, 0.5) is 0 Å². The lowest BCUT2D eigenvalue weighted by Crippen LogP contribution is -2.28. The molecule has 0 aliphatic heterocycles. The van der Waals surface area contributed by atoms with E-state index >= 15 is 0 Å². The fourth-order valence-electron chi connectivity index (χ4n) is 2.14. The number of methoxy groups -OCH3 is 1. The van der Waals surface area contributed by atoms with E-state index < -0.39 is 0 Å². The number of fused-ring (bicyclic) bond motifs is 1. The Balaban J connectivity index is 2.02. The lowest BCUT2D eigenvalue weighted by molar-refractivity contribution is 0.194. The molecule has 3 nitrogen and oxygen atoms in total. The van der Waals surface area contributed by atoms with Crippen molar-refractivity contribution in [2.45, 2.75) is 25.3 Å². The molecule has 1 aromatic rings. The summed E-state index contributed by atoms with van der Waals surface area (Å²) in [5, 5.41) is 3.49. The largest absolute Gasteiger partial charge is 0.383 e. The van der Waals surface area contributed by atoms with Gasteiger partial charge in [-0.1, -0.05) is 6.07 Å². The van der Waals surface area contributed by atoms with Crippen molar-refractivity contribution in [2.24, 2.45) is 0 Å². The average Bonchev–Trinajstić information content (AvgIpc) is 2.30. The number of rotatable bonds is 4. The minimum atomic E-state index is 0.421. The highest BCUT2D eigenvalue weighted by atomic mass is 16.5. The standard InChI is InChI=1S/C12H18N2O/c1-15-9-8-13-11-6-2-4-10-5-3-7-14-12(10)11/h3,5,7,11,13H,2,4,6,8-9H2,1H3/t11-/m0/s1. The topological polar surface area (TPSA) is 34.1 Å². The van der Waals surface area contributed by atoms with Crippen molar-refractivity contribution in [1.29, 1.82) is 0 Å². The van der Waals surface area contributed by atoms with Crippen LogP contribution >= 0.6 is 0 Å². The van der Waals surface area contributed by atoms with E-state index in [9.17, 15) is 0 Å². The van der Waals surface area contributed by atoms with Gasteiger partial charge in [-0.2, -0.15) is 0 Å². The number of nitrogens with zero attached hydrogens (tertiary/aromatic N) is 1. The maximum Gasteiger partial charge on any atom is 0.0605 e. The first-order valence-corrected chi connectivity index (χ1v) is 5.58. The molecule has 0 aromatic carbocycles. The third kappa shape index (κ3) is 2.55. The van der Waals surface area contributed by atoms with Crippen LogP contribution in [0.5, 0.6) is 0 Å². The summed E-state index contributed by atoms with van der Waals surface area (Å²) in [5.41, 5.74) is 2.64. The Morgan fingerprint density at radius 3 is 3.40 bits per heavy atom. The Morgan fingerprint density at radius 2 is 2.53 bits per heavy atom. The summed E-state index contributed by atoms with van der Waals surface area (Å²) < 4.78 is 5.04. The summed E-state index contributed by atoms with van der Waals surface area (Å²) >= 11 is 0. The van der Waals surface area contributed by atoms with Crippen molar-refractivity contribution in [3.8, 4) is 0 Å². The van der Waals surface area contributed by atoms with Crippen molar-refractivity contribution in [3.05, 3.63) is 29.6 Å². The molecule has 0 bridgehead atoms. The maximum absolute atomic E-state index is 5.04. The lowest BCUT2D eigenvalue weighted by Gasteiger charge is -2.25. The molecule has 1 aliphatic carbocycles. The van der Waals surface area contributed by atoms with Gasteiger partial charge in [0.15, 0.2) is 0 Å². The van der Waals surface area contributed by atoms with Crippen LogP contribution in [0.25, 0.3) is 0 Å². The number of hydrogen-bond acceptors (Lipinski definition) is 3. The maximum atomic E-state index is 5.04. The molecule has 2 rings (SSSR count). The highest BCUT2D eigenvalue weighted by molar-refractivity contribution is 5.25. The van der Waals surface area contributed by atoms with Gasteiger partial charge >= 0.3 is 0 Å². The van der Waals surface area contributed by atoms with Crippen LogP contribution in [0.3, 0.4) is 0 Å². The second-order valence-electron chi connectivity index (χ2n) is 3.94. The number of nitrogens with one attached hydrogen (secondary N) is 1. The van der Waals surface area contributed by atoms with Crippen LogP contribution in [0.2, 0.25) is 0 Å². The van der Waals surface area contributed by atoms with Gasteiger partial charge in [-0.15, -0.1) is 0 Å². The van der Waals surface area contributed by atoms with E-state index in [4.69, 9.17) is 4.74 Å². The predicted octanol–water partition coefficient (Wildman–Crippen LogP) is 1.69. The highest BCUT2D eigenvalue weighted by Gasteiger charge is 2.19. The molecule has 0 unspecified atom stereocenters. The normalized spacial score (nSPS) is 19.9. The van der Waals surface area contributed by atoms with Gasteiger partial charge in [0.2, 0.25) is 0 Å². The number of aryl methyl sites for hydroxylation is 1. The third-order valence-electron chi connectivity index (χ3n) is 2.89. The Morgan fingerprint density at radius 1 is 1.60 bits per heavy atom. The average molecular weight is 206 g/mol. The van der Waals surface area contributed by atoms with Gasteiger partial charge in [0.25, 0.3) is 0 Å². The molecule has 1 atom stereocenters. The summed E-state index contributed by atoms with van der Waals surface area (Å²) in [6, 6.07) is 4.63. The Labute approximate surface area is 90.9 Å². The van der Waals surface area contributed by atoms with Crippen LogP contribution in [0, 0.1) is 0 Å². The van der Waals surface area contributed by atoms with E-state index in [0.717, 1.165) is 13.2 Å². The van der Waals surface area contributed by atoms with Gasteiger partial charge in [0.05, 0.1) is 12.3 Å². The van der Waals surface area contributed by atoms with Crippen molar-refractivity contribution >= 4 is 0 Å². The van der Waals surface area contributed by atoms with Crippen molar-refractivity contribution in [3.63, 3.8) is 0 Å². The zero-order valence-electron chi connectivity index (χ0n) is 9.20. The Bertz CT molecular complexity index is 314. The molecular formula is C12H18N2O. The molecule has 0 saturated heterocycles. The van der Waals surface area contributed by atoms with E-state index in [1.54, 1.807) is 7.11 Å². The van der Waals surface area contributed by atoms with Gasteiger partial charge < -0.3 is 10.1 Å². The zero-order chi connectivity index (χ0) is 10.5. The van der Waals surface area contributed by atoms with Gasteiger partial charge in [-0.25, -0.2) is 0 Å². The summed E-state index contributed by atoms with van der Waals surface area (Å²) in [5.74, 6) is 0. The van der Waals surface area contributed by atoms with E-state index in [0.29, 0.717) is 6.04 Å². The van der Waals surface area contributed by atoms with E-state index in [-0.39, 0.29) is 0 Å². The molecule has 0 amide bonds. The number of pyridine rings is 1. The highest BCUT2D eigenvalue weighted by Crippen LogP contribution is 2.27. The van der Waals surface area contributed by atoms with Gasteiger partial charge in [-0.05, 0) is 30.9 Å². The molecule has 0 fully saturated rings. The van der Waals surface area contributed by atoms with Crippen LogP contribution in [-0.2, 0) is 11.2 Å². The third-order valence-corrected chi connectivity index (χ3v) is 2.89. The van der Waals surface area contributed by atoms with Crippen molar-refractivity contribution < 1.29 is 4.74 Å². The van der Waals surface area contributed by atoms with Crippen molar-refractivity contribution in [1.82, 2.24) is 10.3 Å². The Kier molecular flexibility index (Phi) is 3.69. The first-order valence-electron chi connectivity index (χ1n) is 5.58. The smallest absolute Gasteiger partial charge is 0.0605 e. The van der Waals surface area contributed by atoms with Gasteiger partial charge in [0.1, 0.15) is 0 Å². The molecule has 1 aromatic heterocycles. The molecular weight excluding hydrogens is 188 g/mol. The number of aromatic nitrogens is 1. The minimum Gasteiger partial charge on any atom is -0.383 e. The first-order chi connectivity index (χ1) is 7.42. The predicted molar refractivity (Wildman–Crippen MR) is 59.8 cm³/mol. The summed E-state index contributed by atoms with van der Waals surface area (Å²) in [6.45, 7) is 1.66. The lowest BCUT2D eigenvalue weighted by atomic mass is 9.92. The fraction of sp³-hybridized carbons (Fsp3) is 0.583. The zero-order valence-corrected chi connectivity index (χ0v) is 9.20. The van der Waals surface area contributed by atoms with E-state index in [2.05, 4.69) is 16.4 Å². The van der Waals surface area contributed by atoms with Crippen LogP contribution < -0.4 is 5.32 Å². The molecule has 15 heavy (non-hydrogen) atoms. The van der Waals surface area contributed by atoms with E-state index in [1.165, 1.54) is 30.5 Å². The monoisotopic (exact) mass is 206 g/mol. The quantitative estimate of drug-likeness (QED) is 0.761. The first kappa shape index (κ1) is 10.6. The fourth-order valence-corrected chi connectivity index (χ4v) is 2.14. The SMILES string of the molecule is COCCN[C@H]1CCCc2cccnc21. The van der Waals surface area contributed by atoms with E-state index in [1.807, 2.05) is 12.3 Å². The van der Waals surface area contributed by atoms with Crippen LogP contribution in [0.15, 0.2) is 18.3 Å². The Hall–Kier alpha value is -0.930. The molecule has 0 saturated carbocycles. The molecule has 1 N–H and O–H groups in total. The molecule has 0 spiro atoms. The van der Waals surface area contributed by atoms with Crippen molar-refractivity contribution in [2.75, 3.05) is 20.3 Å². The minimum absolute atomic E-state index is 0.421. The number of ether oxygens (including phenoxy) is 1. The molecule has 1 aliphatic rings. The second-order valence-corrected chi connectivity index (χ2v) is 3.94. The summed E-state index contributed by atoms with van der Waals surface area (Å²) in [4.78, 5) is 4.48. The second kappa shape index (κ2) is 5.24.